The number of nitrogens with zero attached hydrogens (tertiary/aromatic N) is 1. The van der Waals surface area contributed by atoms with E-state index in [0.29, 0.717) is 6.29 Å². The van der Waals surface area contributed by atoms with E-state index in [0.717, 1.165) is 5.56 Å². The highest BCUT2D eigenvalue weighted by Gasteiger charge is 2.47. The third-order valence-electron chi connectivity index (χ3n) is 4.74. The molecule has 0 bridgehead atoms. The van der Waals surface area contributed by atoms with Crippen LogP contribution in [-0.4, -0.2) is 32.9 Å². The lowest BCUT2D eigenvalue weighted by Crippen LogP contribution is -2.48. The van der Waals surface area contributed by atoms with Crippen molar-refractivity contribution < 1.29 is 18.7 Å². The second-order valence-corrected chi connectivity index (χ2v) is 12.3. The van der Waals surface area contributed by atoms with Crippen LogP contribution in [-0.2, 0) is 18.7 Å². The van der Waals surface area contributed by atoms with Gasteiger partial charge in [-0.3, -0.25) is 0 Å². The van der Waals surface area contributed by atoms with Crippen molar-refractivity contribution in [3.63, 3.8) is 0 Å². The number of benzene rings is 1. The van der Waals surface area contributed by atoms with Crippen molar-refractivity contribution in [3.05, 3.63) is 35.9 Å². The normalized spacial score (nSPS) is 25.9. The molecule has 5 nitrogen and oxygen atoms in total. The fraction of sp³-hybridized carbons (Fsp3) is 0.556. The van der Waals surface area contributed by atoms with E-state index in [1.807, 2.05) is 30.3 Å². The summed E-state index contributed by atoms with van der Waals surface area (Å²) in [6, 6.07) is 11.5. The van der Waals surface area contributed by atoms with Gasteiger partial charge in [-0.2, -0.15) is 5.26 Å². The summed E-state index contributed by atoms with van der Waals surface area (Å²) in [6.45, 7) is 10.4. The largest absolute Gasteiger partial charge is 0.399 e. The molecule has 0 amide bonds. The van der Waals surface area contributed by atoms with E-state index >= 15 is 0 Å². The standard InChI is InChI=1S/C18H25NO4Si/c1-18(2,3)24(4,5)23-14(11-19)16-15(12-20)21-17(22-16)13-9-7-6-8-10-13/h6-10,12,14-17H,1-5H3/t14-,15+,16-,17+/m0/s1. The molecule has 130 valence electrons. The maximum atomic E-state index is 11.4. The van der Waals surface area contributed by atoms with E-state index in [-0.39, 0.29) is 5.04 Å². The van der Waals surface area contributed by atoms with Crippen LogP contribution in [0.5, 0.6) is 0 Å². The number of aldehydes is 1. The molecule has 0 saturated carbocycles. The Morgan fingerprint density at radius 2 is 1.88 bits per heavy atom. The summed E-state index contributed by atoms with van der Waals surface area (Å²) in [5.41, 5.74) is 0.816. The molecule has 1 aromatic rings. The van der Waals surface area contributed by atoms with Crippen LogP contribution in [0.2, 0.25) is 18.1 Å². The highest BCUT2D eigenvalue weighted by atomic mass is 28.4. The molecule has 4 atom stereocenters. The number of rotatable bonds is 5. The first-order valence-electron chi connectivity index (χ1n) is 8.08. The van der Waals surface area contributed by atoms with Crippen LogP contribution >= 0.6 is 0 Å². The molecule has 0 aromatic heterocycles. The quantitative estimate of drug-likeness (QED) is 0.601. The fourth-order valence-corrected chi connectivity index (χ4v) is 3.43. The van der Waals surface area contributed by atoms with E-state index in [1.54, 1.807) is 0 Å². The van der Waals surface area contributed by atoms with E-state index in [1.165, 1.54) is 0 Å². The minimum atomic E-state index is -2.17. The van der Waals surface area contributed by atoms with Gasteiger partial charge in [0.2, 0.25) is 0 Å². The van der Waals surface area contributed by atoms with Crippen molar-refractivity contribution in [1.29, 1.82) is 5.26 Å². The number of carbonyl (C=O) groups is 1. The molecule has 0 aliphatic carbocycles. The smallest absolute Gasteiger partial charge is 0.193 e. The lowest BCUT2D eigenvalue weighted by molar-refractivity contribution is -0.119. The number of carbonyl (C=O) groups excluding carboxylic acids is 1. The number of nitriles is 1. The monoisotopic (exact) mass is 347 g/mol. The van der Waals surface area contributed by atoms with Crippen LogP contribution < -0.4 is 0 Å². The summed E-state index contributed by atoms with van der Waals surface area (Å²) < 4.78 is 17.7. The zero-order valence-electron chi connectivity index (χ0n) is 14.9. The molecule has 24 heavy (non-hydrogen) atoms. The van der Waals surface area contributed by atoms with E-state index in [2.05, 4.69) is 39.9 Å². The van der Waals surface area contributed by atoms with Gasteiger partial charge in [-0.1, -0.05) is 51.1 Å². The van der Waals surface area contributed by atoms with Gasteiger partial charge in [-0.05, 0) is 18.1 Å². The molecule has 1 aromatic carbocycles. The molecule has 1 fully saturated rings. The minimum Gasteiger partial charge on any atom is -0.399 e. The fourth-order valence-electron chi connectivity index (χ4n) is 2.25. The highest BCUT2D eigenvalue weighted by molar-refractivity contribution is 6.74. The van der Waals surface area contributed by atoms with Crippen molar-refractivity contribution in [2.75, 3.05) is 0 Å². The van der Waals surface area contributed by atoms with Gasteiger partial charge in [0, 0.05) is 5.56 Å². The predicted molar refractivity (Wildman–Crippen MR) is 92.7 cm³/mol. The Morgan fingerprint density at radius 3 is 2.38 bits per heavy atom. The summed E-state index contributed by atoms with van der Waals surface area (Å²) in [5.74, 6) is 0. The van der Waals surface area contributed by atoms with Crippen molar-refractivity contribution in [1.82, 2.24) is 0 Å². The van der Waals surface area contributed by atoms with E-state index < -0.39 is 32.9 Å². The first-order chi connectivity index (χ1) is 11.2. The molecule has 1 saturated heterocycles. The summed E-state index contributed by atoms with van der Waals surface area (Å²) in [5, 5.41) is 9.54. The molecular weight excluding hydrogens is 322 g/mol. The molecule has 0 unspecified atom stereocenters. The van der Waals surface area contributed by atoms with Crippen molar-refractivity contribution >= 4 is 14.6 Å². The summed E-state index contributed by atoms with van der Waals surface area (Å²) in [6.07, 6.45) is -2.36. The minimum absolute atomic E-state index is 0.0446. The van der Waals surface area contributed by atoms with Crippen molar-refractivity contribution in [3.8, 4) is 6.07 Å². The van der Waals surface area contributed by atoms with Crippen LogP contribution in [0, 0.1) is 11.3 Å². The topological polar surface area (TPSA) is 68.6 Å². The van der Waals surface area contributed by atoms with E-state index in [4.69, 9.17) is 13.9 Å². The zero-order chi connectivity index (χ0) is 18.0. The molecule has 0 N–H and O–H groups in total. The third kappa shape index (κ3) is 3.93. The SMILES string of the molecule is CC(C)(C)[Si](C)(C)O[C@@H](C#N)[C@@H]1O[C@H](c2ccccc2)O[C@@H]1C=O. The maximum absolute atomic E-state index is 11.4. The third-order valence-corrected chi connectivity index (χ3v) is 9.20. The van der Waals surface area contributed by atoms with Crippen molar-refractivity contribution in [2.24, 2.45) is 0 Å². The van der Waals surface area contributed by atoms with E-state index in [9.17, 15) is 10.1 Å². The van der Waals surface area contributed by atoms with Gasteiger partial charge < -0.3 is 18.7 Å². The van der Waals surface area contributed by atoms with Crippen LogP contribution in [0.4, 0.5) is 0 Å². The molecular formula is C18H25NO4Si. The zero-order valence-corrected chi connectivity index (χ0v) is 15.9. The lowest BCUT2D eigenvalue weighted by Gasteiger charge is -2.38. The Bertz CT molecular complexity index is 606. The molecule has 1 aliphatic heterocycles. The lowest BCUT2D eigenvalue weighted by atomic mass is 10.1. The predicted octanol–water partition coefficient (Wildman–Crippen LogP) is 3.58. The second-order valence-electron chi connectivity index (χ2n) is 7.51. The van der Waals surface area contributed by atoms with Crippen LogP contribution in [0.3, 0.4) is 0 Å². The maximum Gasteiger partial charge on any atom is 0.193 e. The Kier molecular flexibility index (Phi) is 5.61. The van der Waals surface area contributed by atoms with Gasteiger partial charge in [0.15, 0.2) is 27.0 Å². The number of ether oxygens (including phenoxy) is 2. The van der Waals surface area contributed by atoms with Crippen LogP contribution in [0.15, 0.2) is 30.3 Å². The molecule has 0 spiro atoms. The molecule has 1 heterocycles. The molecule has 1 aliphatic rings. The van der Waals surface area contributed by atoms with Gasteiger partial charge >= 0.3 is 0 Å². The Balaban J connectivity index is 2.19. The Morgan fingerprint density at radius 1 is 1.25 bits per heavy atom. The number of hydrogen-bond acceptors (Lipinski definition) is 5. The molecule has 0 radical (unpaired) electrons. The Labute approximate surface area is 144 Å². The van der Waals surface area contributed by atoms with Crippen LogP contribution in [0.25, 0.3) is 0 Å². The number of hydrogen-bond donors (Lipinski definition) is 0. The van der Waals surface area contributed by atoms with Gasteiger partial charge in [-0.15, -0.1) is 0 Å². The van der Waals surface area contributed by atoms with Crippen molar-refractivity contribution in [2.45, 2.75) is 63.5 Å². The summed E-state index contributed by atoms with van der Waals surface area (Å²) in [4.78, 5) is 11.4. The average molecular weight is 347 g/mol. The molecule has 2 rings (SSSR count). The first kappa shape index (κ1) is 18.8. The Hall–Kier alpha value is -1.52. The first-order valence-corrected chi connectivity index (χ1v) is 11.0. The van der Waals surface area contributed by atoms with Gasteiger partial charge in [0.1, 0.15) is 12.2 Å². The van der Waals surface area contributed by atoms with Crippen LogP contribution in [0.1, 0.15) is 32.6 Å². The average Bonchev–Trinajstić information content (AvgIpc) is 2.96. The van der Waals surface area contributed by atoms with Gasteiger partial charge in [0.05, 0.1) is 6.07 Å². The molecule has 6 heteroatoms. The second kappa shape index (κ2) is 7.15. The van der Waals surface area contributed by atoms with Gasteiger partial charge in [-0.25, -0.2) is 0 Å². The van der Waals surface area contributed by atoms with Gasteiger partial charge in [0.25, 0.3) is 0 Å². The summed E-state index contributed by atoms with van der Waals surface area (Å²) >= 11 is 0. The summed E-state index contributed by atoms with van der Waals surface area (Å²) in [7, 11) is -2.17. The highest BCUT2D eigenvalue weighted by Crippen LogP contribution is 2.39.